The molecule has 0 aromatic rings. The molecule has 0 atom stereocenters. The van der Waals surface area contributed by atoms with Crippen LogP contribution in [-0.2, 0) is 19.2 Å². The quantitative estimate of drug-likeness (QED) is 0.313. The van der Waals surface area contributed by atoms with E-state index in [2.05, 4.69) is 15.1 Å². The van der Waals surface area contributed by atoms with E-state index in [0.29, 0.717) is 0 Å². The Kier molecular flexibility index (Phi) is 12.7. The minimum atomic E-state index is -0.526. The van der Waals surface area contributed by atoms with Crippen LogP contribution in [0.15, 0.2) is 0 Å². The monoisotopic (exact) mass is 215 g/mol. The van der Waals surface area contributed by atoms with Crippen molar-refractivity contribution in [2.45, 2.75) is 12.8 Å². The first kappa shape index (κ1) is 16.3. The van der Waals surface area contributed by atoms with Crippen molar-refractivity contribution in [3.63, 3.8) is 0 Å². The Hall–Kier alpha value is -0.140. The second-order valence-corrected chi connectivity index (χ2v) is 2.12. The van der Waals surface area contributed by atoms with Gasteiger partial charge in [0.15, 0.2) is 0 Å². The zero-order valence-electron chi connectivity index (χ0n) is 7.41. The summed E-state index contributed by atoms with van der Waals surface area (Å²) in [7, 11) is 1.45. The maximum atomic E-state index is 10.7. The first-order chi connectivity index (χ1) is 6.20. The van der Waals surface area contributed by atoms with Crippen LogP contribution in [-0.4, -0.2) is 66.9 Å². The summed E-state index contributed by atoms with van der Waals surface area (Å²) in [4.78, 5) is 25.8. The van der Waals surface area contributed by atoms with Gasteiger partial charge in [0, 0.05) is 7.05 Å². The molecule has 0 aromatic carbocycles. The van der Waals surface area contributed by atoms with Gasteiger partial charge in [0.2, 0.25) is 0 Å². The molecule has 6 nitrogen and oxygen atoms in total. The number of hydrogen-bond acceptors (Lipinski definition) is 6. The van der Waals surface area contributed by atoms with E-state index in [4.69, 9.17) is 5.11 Å². The van der Waals surface area contributed by atoms with Crippen LogP contribution in [0.4, 0.5) is 0 Å². The van der Waals surface area contributed by atoms with Crippen LogP contribution in [0.1, 0.15) is 12.8 Å². The SMILES string of the molecule is CNOC(=O)CCC(=O)OCCO.[NaH]. The van der Waals surface area contributed by atoms with Crippen LogP contribution >= 0.6 is 0 Å². The first-order valence-electron chi connectivity index (χ1n) is 3.83. The van der Waals surface area contributed by atoms with E-state index in [1.165, 1.54) is 7.05 Å². The molecule has 2 N–H and O–H groups in total. The van der Waals surface area contributed by atoms with Crippen LogP contribution in [0.2, 0.25) is 0 Å². The van der Waals surface area contributed by atoms with E-state index >= 15 is 0 Å². The molecule has 0 fully saturated rings. The second kappa shape index (κ2) is 10.9. The normalized spacial score (nSPS) is 8.71. The third-order valence-electron chi connectivity index (χ3n) is 1.10. The van der Waals surface area contributed by atoms with Gasteiger partial charge >= 0.3 is 41.5 Å². The molecule has 0 heterocycles. The summed E-state index contributed by atoms with van der Waals surface area (Å²) in [6, 6.07) is 0. The van der Waals surface area contributed by atoms with Crippen molar-refractivity contribution in [3.8, 4) is 0 Å². The van der Waals surface area contributed by atoms with E-state index in [9.17, 15) is 9.59 Å². The number of carbonyl (C=O) groups is 2. The average Bonchev–Trinajstić information content (AvgIpc) is 2.12. The topological polar surface area (TPSA) is 84.9 Å². The van der Waals surface area contributed by atoms with E-state index in [1.807, 2.05) is 0 Å². The molecule has 0 spiro atoms. The fourth-order valence-corrected chi connectivity index (χ4v) is 0.601. The van der Waals surface area contributed by atoms with Crippen molar-refractivity contribution < 1.29 is 24.3 Å². The Labute approximate surface area is 104 Å². The number of aliphatic hydroxyl groups excluding tert-OH is 1. The molecule has 0 aliphatic carbocycles. The number of rotatable bonds is 6. The average molecular weight is 215 g/mol. The molecule has 0 saturated carbocycles. The summed E-state index contributed by atoms with van der Waals surface area (Å²) in [5.74, 6) is -1.05. The Morgan fingerprint density at radius 3 is 2.36 bits per heavy atom. The molecule has 7 heteroatoms. The summed E-state index contributed by atoms with van der Waals surface area (Å²) in [5, 5.41) is 8.30. The maximum absolute atomic E-state index is 10.7. The van der Waals surface area contributed by atoms with Gasteiger partial charge in [-0.2, -0.15) is 5.48 Å². The summed E-state index contributed by atoms with van der Waals surface area (Å²) in [5.41, 5.74) is 2.19. The van der Waals surface area contributed by atoms with Gasteiger partial charge in [0.1, 0.15) is 6.61 Å². The molecule has 14 heavy (non-hydrogen) atoms. The van der Waals surface area contributed by atoms with Crippen molar-refractivity contribution in [1.29, 1.82) is 0 Å². The van der Waals surface area contributed by atoms with Crippen molar-refractivity contribution >= 4 is 41.5 Å². The molecule has 0 saturated heterocycles. The fourth-order valence-electron chi connectivity index (χ4n) is 0.601. The summed E-state index contributed by atoms with van der Waals surface area (Å²) in [6.07, 6.45) is -0.0778. The Morgan fingerprint density at radius 1 is 1.29 bits per heavy atom. The predicted molar refractivity (Wildman–Crippen MR) is 49.6 cm³/mol. The molecule has 78 valence electrons. The minimum absolute atomic E-state index is 0. The molecule has 0 radical (unpaired) electrons. The van der Waals surface area contributed by atoms with Gasteiger partial charge < -0.3 is 14.7 Å². The molecule has 0 aliphatic rings. The molecule has 0 unspecified atom stereocenters. The molecule has 0 aliphatic heterocycles. The number of aliphatic hydroxyl groups is 1. The molecular formula is C7H14NNaO5. The molecule has 0 bridgehead atoms. The molecule has 0 aromatic heterocycles. The van der Waals surface area contributed by atoms with Gasteiger partial charge in [0.05, 0.1) is 19.4 Å². The number of nitrogens with one attached hydrogen (secondary N) is 1. The predicted octanol–water partition coefficient (Wildman–Crippen LogP) is -1.67. The van der Waals surface area contributed by atoms with Crippen LogP contribution < -0.4 is 5.48 Å². The van der Waals surface area contributed by atoms with Gasteiger partial charge in [-0.05, 0) is 0 Å². The van der Waals surface area contributed by atoms with Gasteiger partial charge in [-0.1, -0.05) is 0 Å². The zero-order valence-corrected chi connectivity index (χ0v) is 7.41. The second-order valence-electron chi connectivity index (χ2n) is 2.12. The Morgan fingerprint density at radius 2 is 1.86 bits per heavy atom. The zero-order chi connectivity index (χ0) is 10.1. The van der Waals surface area contributed by atoms with Gasteiger partial charge in [0.25, 0.3) is 0 Å². The fraction of sp³-hybridized carbons (Fsp3) is 0.714. The number of carbonyl (C=O) groups excluding carboxylic acids is 2. The van der Waals surface area contributed by atoms with Gasteiger partial charge in [-0.3, -0.25) is 9.59 Å². The molecule has 0 rings (SSSR count). The van der Waals surface area contributed by atoms with E-state index < -0.39 is 11.9 Å². The first-order valence-corrected chi connectivity index (χ1v) is 3.83. The molecular weight excluding hydrogens is 201 g/mol. The van der Waals surface area contributed by atoms with Gasteiger partial charge in [-0.15, -0.1) is 0 Å². The van der Waals surface area contributed by atoms with Gasteiger partial charge in [-0.25, -0.2) is 0 Å². The van der Waals surface area contributed by atoms with Crippen LogP contribution in [0.25, 0.3) is 0 Å². The van der Waals surface area contributed by atoms with Crippen LogP contribution in [0, 0.1) is 0 Å². The number of esters is 1. The van der Waals surface area contributed by atoms with E-state index in [1.54, 1.807) is 0 Å². The van der Waals surface area contributed by atoms with Crippen molar-refractivity contribution in [3.05, 3.63) is 0 Å². The van der Waals surface area contributed by atoms with Crippen molar-refractivity contribution in [2.24, 2.45) is 0 Å². The summed E-state index contributed by atoms with van der Waals surface area (Å²) >= 11 is 0. The Balaban J connectivity index is 0. The number of hydrogen-bond donors (Lipinski definition) is 2. The standard InChI is InChI=1S/C7H13NO5.Na.H/c1-8-13-7(11)3-2-6(10)12-5-4-9;;/h8-9H,2-5H2,1H3;;. The number of ether oxygens (including phenoxy) is 1. The Bertz CT molecular complexity index is 175. The van der Waals surface area contributed by atoms with E-state index in [-0.39, 0.29) is 55.6 Å². The molecule has 0 amide bonds. The third kappa shape index (κ3) is 9.94. The summed E-state index contributed by atoms with van der Waals surface area (Å²) < 4.78 is 4.50. The van der Waals surface area contributed by atoms with E-state index in [0.717, 1.165) is 0 Å². The van der Waals surface area contributed by atoms with Crippen molar-refractivity contribution in [1.82, 2.24) is 5.48 Å². The van der Waals surface area contributed by atoms with Crippen molar-refractivity contribution in [2.75, 3.05) is 20.3 Å². The van der Waals surface area contributed by atoms with Crippen LogP contribution in [0.3, 0.4) is 0 Å². The van der Waals surface area contributed by atoms with Crippen LogP contribution in [0.5, 0.6) is 0 Å². The number of hydroxylamine groups is 1. The summed E-state index contributed by atoms with van der Waals surface area (Å²) in [6.45, 7) is -0.257. The third-order valence-corrected chi connectivity index (χ3v) is 1.10.